The van der Waals surface area contributed by atoms with Gasteiger partial charge in [0.25, 0.3) is 0 Å². The molecule has 0 aliphatic heterocycles. The van der Waals surface area contributed by atoms with E-state index in [1.54, 1.807) is 21.0 Å². The molecule has 0 saturated heterocycles. The zero-order chi connectivity index (χ0) is 19.6. The van der Waals surface area contributed by atoms with E-state index in [1.807, 2.05) is 4.90 Å². The van der Waals surface area contributed by atoms with Crippen LogP contribution in [0.4, 0.5) is 0 Å². The predicted octanol–water partition coefficient (Wildman–Crippen LogP) is 2.56. The molecule has 0 fully saturated rings. The molecular weight excluding hydrogens is 278 g/mol. The van der Waals surface area contributed by atoms with Crippen LogP contribution in [-0.2, 0) is 10.4 Å². The highest BCUT2D eigenvalue weighted by Crippen LogP contribution is 2.30. The second-order valence-corrected chi connectivity index (χ2v) is 5.97. The fraction of sp³-hybridized carbons (Fsp3) is 0.571. The van der Waals surface area contributed by atoms with Gasteiger partial charge in [-0.1, -0.05) is 25.9 Å². The van der Waals surface area contributed by atoms with Gasteiger partial charge in [0.1, 0.15) is 5.75 Å². The van der Waals surface area contributed by atoms with Gasteiger partial charge >= 0.3 is 10.4 Å². The zero-order valence-electron chi connectivity index (χ0n) is 16.7. The second kappa shape index (κ2) is 7.06. The Morgan fingerprint density at radius 2 is 2.20 bits per heavy atom. The standard InChI is InChI=1S/C14H23NO4S/c1-5-14(11(2)10-15(3)4)12-7-6-8-13(9-12)19-20(16,17)18/h6-9,11,14H,5,10H2,1-4H3,(H,16,17,18)/i1D3,5D2. The number of benzene rings is 1. The summed E-state index contributed by atoms with van der Waals surface area (Å²) in [6.07, 6.45) is -2.56. The van der Waals surface area contributed by atoms with Crippen molar-refractivity contribution in [3.05, 3.63) is 29.8 Å². The molecule has 0 radical (unpaired) electrons. The molecule has 0 aromatic heterocycles. The Hall–Kier alpha value is -1.11. The molecule has 1 N–H and O–H groups in total. The second-order valence-electron chi connectivity index (χ2n) is 4.95. The van der Waals surface area contributed by atoms with Crippen LogP contribution in [0.15, 0.2) is 24.3 Å². The van der Waals surface area contributed by atoms with Gasteiger partial charge in [-0.25, -0.2) is 0 Å². The first kappa shape index (κ1) is 10.6. The first-order chi connectivity index (χ1) is 11.1. The Labute approximate surface area is 128 Å². The Kier molecular flexibility index (Phi) is 3.74. The molecule has 0 aliphatic carbocycles. The van der Waals surface area contributed by atoms with Crippen molar-refractivity contribution in [2.24, 2.45) is 5.92 Å². The normalized spacial score (nSPS) is 20.1. The minimum Gasteiger partial charge on any atom is -0.362 e. The zero-order valence-corrected chi connectivity index (χ0v) is 12.5. The molecule has 1 aromatic carbocycles. The van der Waals surface area contributed by atoms with Crippen molar-refractivity contribution < 1.29 is 24.0 Å². The van der Waals surface area contributed by atoms with Crippen molar-refractivity contribution in [2.45, 2.75) is 26.1 Å². The lowest BCUT2D eigenvalue weighted by molar-refractivity contribution is 0.301. The fourth-order valence-electron chi connectivity index (χ4n) is 2.12. The smallest absolute Gasteiger partial charge is 0.362 e. The number of nitrogens with zero attached hydrogens (tertiary/aromatic N) is 1. The lowest BCUT2D eigenvalue weighted by atomic mass is 9.85. The molecule has 2 atom stereocenters. The molecule has 6 heteroatoms. The third-order valence-corrected chi connectivity index (χ3v) is 3.20. The van der Waals surface area contributed by atoms with Gasteiger partial charge in [-0.3, -0.25) is 4.55 Å². The Balaban J connectivity index is 3.40. The fourth-order valence-corrected chi connectivity index (χ4v) is 2.46. The first-order valence-electron chi connectivity index (χ1n) is 8.57. The van der Waals surface area contributed by atoms with Gasteiger partial charge in [0, 0.05) is 13.4 Å². The van der Waals surface area contributed by atoms with E-state index in [1.165, 1.54) is 24.3 Å². The van der Waals surface area contributed by atoms with E-state index in [0.29, 0.717) is 6.54 Å². The Morgan fingerprint density at radius 3 is 2.75 bits per heavy atom. The highest BCUT2D eigenvalue weighted by molar-refractivity contribution is 7.81. The average molecular weight is 306 g/mol. The molecule has 0 spiro atoms. The maximum Gasteiger partial charge on any atom is 0.446 e. The minimum atomic E-state index is -4.74. The van der Waals surface area contributed by atoms with Crippen LogP contribution in [0.25, 0.3) is 0 Å². The summed E-state index contributed by atoms with van der Waals surface area (Å²) in [6, 6.07) is 5.43. The molecule has 0 bridgehead atoms. The number of rotatable bonds is 7. The molecule has 114 valence electrons. The van der Waals surface area contributed by atoms with Gasteiger partial charge in [-0.05, 0) is 50.0 Å². The lowest BCUT2D eigenvalue weighted by Crippen LogP contribution is -2.24. The SMILES string of the molecule is [2H]C([2H])([2H])C([2H])([2H])C(c1cccc(OS(=O)(=O)O)c1)C(C)CN(C)C. The van der Waals surface area contributed by atoms with E-state index in [0.717, 1.165) is 0 Å². The van der Waals surface area contributed by atoms with Gasteiger partial charge < -0.3 is 9.08 Å². The first-order valence-corrected chi connectivity index (χ1v) is 7.43. The maximum atomic E-state index is 10.9. The quantitative estimate of drug-likeness (QED) is 0.784. The number of hydrogen-bond donors (Lipinski definition) is 1. The van der Waals surface area contributed by atoms with Crippen molar-refractivity contribution in [3.8, 4) is 5.75 Å². The third-order valence-electron chi connectivity index (χ3n) is 2.80. The van der Waals surface area contributed by atoms with Crippen LogP contribution >= 0.6 is 0 Å². The molecule has 0 saturated carbocycles. The summed E-state index contributed by atoms with van der Waals surface area (Å²) < 4.78 is 74.0. The third kappa shape index (κ3) is 5.48. The summed E-state index contributed by atoms with van der Waals surface area (Å²) in [5, 5.41) is 0. The summed E-state index contributed by atoms with van der Waals surface area (Å²) in [4.78, 5) is 1.81. The molecule has 2 unspecified atom stereocenters. The molecule has 0 heterocycles. The number of hydrogen-bond acceptors (Lipinski definition) is 4. The van der Waals surface area contributed by atoms with Gasteiger partial charge in [0.2, 0.25) is 0 Å². The summed E-state index contributed by atoms with van der Waals surface area (Å²) >= 11 is 0. The Bertz CT molecular complexity index is 691. The van der Waals surface area contributed by atoms with Crippen LogP contribution in [0.1, 0.15) is 38.5 Å². The van der Waals surface area contributed by atoms with E-state index in [4.69, 9.17) is 11.4 Å². The summed E-state index contributed by atoms with van der Waals surface area (Å²) in [5.41, 5.74) is 0.275. The molecule has 0 amide bonds. The average Bonchev–Trinajstić information content (AvgIpc) is 2.34. The minimum absolute atomic E-state index is 0.219. The van der Waals surface area contributed by atoms with E-state index in [-0.39, 0.29) is 11.3 Å². The van der Waals surface area contributed by atoms with Crippen LogP contribution in [0.2, 0.25) is 0 Å². The van der Waals surface area contributed by atoms with Crippen molar-refractivity contribution in [2.75, 3.05) is 20.6 Å². The van der Waals surface area contributed by atoms with Gasteiger partial charge in [0.05, 0.1) is 0 Å². The molecule has 0 aliphatic rings. The van der Waals surface area contributed by atoms with Gasteiger partial charge in [-0.15, -0.1) is 0 Å². The van der Waals surface area contributed by atoms with E-state index >= 15 is 0 Å². The molecular formula is C14H23NO4S. The topological polar surface area (TPSA) is 66.8 Å². The van der Waals surface area contributed by atoms with E-state index in [9.17, 15) is 8.42 Å². The summed E-state index contributed by atoms with van der Waals surface area (Å²) in [7, 11) is -1.16. The molecule has 20 heavy (non-hydrogen) atoms. The molecule has 1 aromatic rings. The van der Waals surface area contributed by atoms with Crippen LogP contribution in [0.5, 0.6) is 5.75 Å². The van der Waals surface area contributed by atoms with Crippen molar-refractivity contribution in [1.29, 1.82) is 0 Å². The predicted molar refractivity (Wildman–Crippen MR) is 79.4 cm³/mol. The van der Waals surface area contributed by atoms with Crippen molar-refractivity contribution in [3.63, 3.8) is 0 Å². The van der Waals surface area contributed by atoms with Crippen molar-refractivity contribution in [1.82, 2.24) is 4.90 Å². The summed E-state index contributed by atoms with van der Waals surface area (Å²) in [5.74, 6) is -1.66. The van der Waals surface area contributed by atoms with Gasteiger partial charge in [0.15, 0.2) is 0 Å². The van der Waals surface area contributed by atoms with Crippen molar-refractivity contribution >= 4 is 10.4 Å². The highest BCUT2D eigenvalue weighted by atomic mass is 32.3. The molecule has 1 rings (SSSR count). The van der Waals surface area contributed by atoms with E-state index in [2.05, 4.69) is 4.18 Å². The summed E-state index contributed by atoms with van der Waals surface area (Å²) in [6.45, 7) is -0.730. The lowest BCUT2D eigenvalue weighted by Gasteiger charge is -2.26. The monoisotopic (exact) mass is 306 g/mol. The van der Waals surface area contributed by atoms with Crippen LogP contribution in [0, 0.1) is 5.92 Å². The maximum absolute atomic E-state index is 10.9. The largest absolute Gasteiger partial charge is 0.446 e. The molecule has 5 nitrogen and oxygen atoms in total. The Morgan fingerprint density at radius 1 is 1.50 bits per heavy atom. The van der Waals surface area contributed by atoms with Crippen LogP contribution < -0.4 is 4.18 Å². The highest BCUT2D eigenvalue weighted by Gasteiger charge is 2.19. The van der Waals surface area contributed by atoms with Crippen LogP contribution in [-0.4, -0.2) is 38.5 Å². The van der Waals surface area contributed by atoms with Crippen LogP contribution in [0.3, 0.4) is 0 Å². The van der Waals surface area contributed by atoms with E-state index < -0.39 is 35.5 Å². The van der Waals surface area contributed by atoms with Gasteiger partial charge in [-0.2, -0.15) is 8.42 Å².